The predicted octanol–water partition coefficient (Wildman–Crippen LogP) is -1.40. The van der Waals surface area contributed by atoms with Gasteiger partial charge in [-0.05, 0) is 16.7 Å². The number of carbonyl (C=O) groups excluding carboxylic acids is 1. The highest BCUT2D eigenvalue weighted by molar-refractivity contribution is 5.79. The highest BCUT2D eigenvalue weighted by Gasteiger charge is 2.23. The molecule has 2 heterocycles. The Morgan fingerprint density at radius 3 is 2.47 bits per heavy atom. The van der Waals surface area contributed by atoms with Crippen molar-refractivity contribution >= 4 is 12.1 Å². The SMILES string of the molecule is O=C(NC(CC[n+]1ccc(-c2ncccn2)cn1)C(=O)O)OCc1ccccc1.[I-]. The second-order valence-electron chi connectivity index (χ2n) is 6.14. The van der Waals surface area contributed by atoms with Crippen molar-refractivity contribution in [3.63, 3.8) is 0 Å². The first kappa shape index (κ1) is 23.1. The van der Waals surface area contributed by atoms with Crippen molar-refractivity contribution in [1.82, 2.24) is 20.4 Å². The number of hydrogen-bond donors (Lipinski definition) is 2. The Balaban J connectivity index is 0.00000320. The number of rotatable bonds is 8. The quantitative estimate of drug-likeness (QED) is 0.277. The summed E-state index contributed by atoms with van der Waals surface area (Å²) in [5, 5.41) is 16.0. The van der Waals surface area contributed by atoms with Crippen LogP contribution in [0.3, 0.4) is 0 Å². The molecule has 0 spiro atoms. The van der Waals surface area contributed by atoms with E-state index in [-0.39, 0.29) is 37.0 Å². The van der Waals surface area contributed by atoms with Crippen molar-refractivity contribution in [2.75, 3.05) is 0 Å². The Morgan fingerprint density at radius 2 is 1.83 bits per heavy atom. The monoisotopic (exact) mass is 521 g/mol. The lowest BCUT2D eigenvalue weighted by molar-refractivity contribution is -0.754. The smallest absolute Gasteiger partial charge is 0.408 e. The Kier molecular flexibility index (Phi) is 9.06. The van der Waals surface area contributed by atoms with Gasteiger partial charge in [0, 0.05) is 30.4 Å². The van der Waals surface area contributed by atoms with E-state index in [0.717, 1.165) is 11.1 Å². The molecule has 3 rings (SSSR count). The van der Waals surface area contributed by atoms with E-state index in [4.69, 9.17) is 4.74 Å². The molecule has 0 saturated heterocycles. The van der Waals surface area contributed by atoms with Crippen LogP contribution in [-0.2, 0) is 22.7 Å². The number of benzene rings is 1. The van der Waals surface area contributed by atoms with E-state index in [2.05, 4.69) is 20.4 Å². The number of nitrogens with zero attached hydrogens (tertiary/aromatic N) is 4. The Hall–Kier alpha value is -3.15. The number of aliphatic carboxylic acids is 1. The van der Waals surface area contributed by atoms with Crippen LogP contribution in [0.2, 0.25) is 0 Å². The summed E-state index contributed by atoms with van der Waals surface area (Å²) in [6, 6.07) is 11.6. The maximum atomic E-state index is 11.9. The molecular formula is C20H20IN5O4. The third-order valence-corrected chi connectivity index (χ3v) is 4.05. The van der Waals surface area contributed by atoms with E-state index < -0.39 is 18.1 Å². The Labute approximate surface area is 190 Å². The fraction of sp³-hybridized carbons (Fsp3) is 0.200. The van der Waals surface area contributed by atoms with Crippen LogP contribution in [0.25, 0.3) is 11.4 Å². The fourth-order valence-electron chi connectivity index (χ4n) is 2.52. The van der Waals surface area contributed by atoms with Gasteiger partial charge in [0.05, 0.1) is 0 Å². The van der Waals surface area contributed by atoms with Crippen LogP contribution >= 0.6 is 0 Å². The molecule has 156 valence electrons. The minimum Gasteiger partial charge on any atom is -1.00 e. The molecule has 10 heteroatoms. The topological polar surface area (TPSA) is 118 Å². The first-order valence-electron chi connectivity index (χ1n) is 8.95. The van der Waals surface area contributed by atoms with Gasteiger partial charge in [-0.15, -0.1) is 0 Å². The maximum absolute atomic E-state index is 11.9. The predicted molar refractivity (Wildman–Crippen MR) is 101 cm³/mol. The van der Waals surface area contributed by atoms with Crippen molar-refractivity contribution in [2.45, 2.75) is 25.6 Å². The zero-order chi connectivity index (χ0) is 20.5. The Morgan fingerprint density at radius 1 is 1.10 bits per heavy atom. The summed E-state index contributed by atoms with van der Waals surface area (Å²) in [5.41, 5.74) is 1.57. The van der Waals surface area contributed by atoms with Gasteiger partial charge in [-0.25, -0.2) is 19.6 Å². The van der Waals surface area contributed by atoms with Crippen LogP contribution < -0.4 is 34.0 Å². The molecule has 9 nitrogen and oxygen atoms in total. The molecule has 0 aliphatic carbocycles. The number of carbonyl (C=O) groups is 2. The van der Waals surface area contributed by atoms with Crippen LogP contribution in [0.5, 0.6) is 0 Å². The third-order valence-electron chi connectivity index (χ3n) is 4.05. The van der Waals surface area contributed by atoms with Crippen molar-refractivity contribution in [3.8, 4) is 11.4 Å². The minimum atomic E-state index is -1.14. The number of carboxylic acids is 1. The summed E-state index contributed by atoms with van der Waals surface area (Å²) in [7, 11) is 0. The molecule has 1 unspecified atom stereocenters. The van der Waals surface area contributed by atoms with Crippen LogP contribution in [0.15, 0.2) is 67.3 Å². The largest absolute Gasteiger partial charge is 1.00 e. The molecule has 0 bridgehead atoms. The molecule has 0 aliphatic rings. The lowest BCUT2D eigenvalue weighted by atomic mass is 10.2. The van der Waals surface area contributed by atoms with Gasteiger partial charge >= 0.3 is 12.1 Å². The van der Waals surface area contributed by atoms with Crippen LogP contribution in [0.1, 0.15) is 12.0 Å². The number of aromatic nitrogens is 4. The standard InChI is InChI=1S/C20H19N5O4.HI/c26-19(27)17(24-20(28)29-14-15-5-2-1-3-6-15)8-12-25-11-7-16(13-23-25)18-21-9-4-10-22-18;/h1-7,9-11,13,17H,8,12,14H2,(H-,24,26,27,28);1H. The number of alkyl carbamates (subject to hydrolysis) is 1. The molecule has 1 amide bonds. The molecule has 0 fully saturated rings. The van der Waals surface area contributed by atoms with Gasteiger partial charge in [-0.2, -0.15) is 0 Å². The summed E-state index contributed by atoms with van der Waals surface area (Å²) in [4.78, 5) is 31.7. The molecule has 1 atom stereocenters. The van der Waals surface area contributed by atoms with Gasteiger partial charge in [0.15, 0.2) is 18.6 Å². The lowest BCUT2D eigenvalue weighted by Gasteiger charge is -2.13. The highest BCUT2D eigenvalue weighted by Crippen LogP contribution is 2.09. The summed E-state index contributed by atoms with van der Waals surface area (Å²) in [6.07, 6.45) is 5.96. The molecule has 1 aromatic carbocycles. The summed E-state index contributed by atoms with van der Waals surface area (Å²) in [5.74, 6) is -0.588. The van der Waals surface area contributed by atoms with Crippen molar-refractivity contribution in [3.05, 3.63) is 72.8 Å². The van der Waals surface area contributed by atoms with Crippen LogP contribution in [-0.4, -0.2) is 38.3 Å². The number of halogens is 1. The van der Waals surface area contributed by atoms with E-state index in [0.29, 0.717) is 12.4 Å². The first-order valence-corrected chi connectivity index (χ1v) is 8.95. The van der Waals surface area contributed by atoms with Crippen molar-refractivity contribution in [2.24, 2.45) is 0 Å². The normalized spacial score (nSPS) is 11.1. The van der Waals surface area contributed by atoms with E-state index in [1.807, 2.05) is 30.3 Å². The van der Waals surface area contributed by atoms with Crippen LogP contribution in [0.4, 0.5) is 4.79 Å². The molecular weight excluding hydrogens is 501 g/mol. The van der Waals surface area contributed by atoms with E-state index in [1.54, 1.807) is 41.6 Å². The van der Waals surface area contributed by atoms with Gasteiger partial charge in [0.2, 0.25) is 0 Å². The molecule has 2 N–H and O–H groups in total. The molecule has 2 aromatic heterocycles. The van der Waals surface area contributed by atoms with Crippen molar-refractivity contribution < 1.29 is 48.1 Å². The number of nitrogens with one attached hydrogen (secondary N) is 1. The number of aryl methyl sites for hydroxylation is 1. The third kappa shape index (κ3) is 7.03. The number of ether oxygens (including phenoxy) is 1. The number of carboxylic acid groups (broad SMARTS) is 1. The van der Waals surface area contributed by atoms with E-state index >= 15 is 0 Å². The second kappa shape index (κ2) is 11.8. The van der Waals surface area contributed by atoms with Gasteiger partial charge in [-0.3, -0.25) is 0 Å². The van der Waals surface area contributed by atoms with E-state index in [1.165, 1.54) is 0 Å². The minimum absolute atomic E-state index is 0. The average Bonchev–Trinajstić information content (AvgIpc) is 2.76. The second-order valence-corrected chi connectivity index (χ2v) is 6.14. The molecule has 0 saturated carbocycles. The average molecular weight is 521 g/mol. The van der Waals surface area contributed by atoms with Gasteiger partial charge in [-0.1, -0.05) is 35.0 Å². The van der Waals surface area contributed by atoms with Gasteiger partial charge in [0.25, 0.3) is 0 Å². The summed E-state index contributed by atoms with van der Waals surface area (Å²) < 4.78 is 6.66. The first-order chi connectivity index (χ1) is 14.1. The van der Waals surface area contributed by atoms with E-state index in [9.17, 15) is 14.7 Å². The highest BCUT2D eigenvalue weighted by atomic mass is 127. The van der Waals surface area contributed by atoms with Gasteiger partial charge in [0.1, 0.15) is 18.8 Å². The molecule has 30 heavy (non-hydrogen) atoms. The number of amides is 1. The molecule has 0 radical (unpaired) electrons. The van der Waals surface area contributed by atoms with Crippen molar-refractivity contribution in [1.29, 1.82) is 0 Å². The summed E-state index contributed by atoms with van der Waals surface area (Å²) in [6.45, 7) is 0.365. The van der Waals surface area contributed by atoms with Crippen LogP contribution in [0, 0.1) is 0 Å². The maximum Gasteiger partial charge on any atom is 0.408 e. The fourth-order valence-corrected chi connectivity index (χ4v) is 2.52. The zero-order valence-corrected chi connectivity index (χ0v) is 18.0. The molecule has 0 aliphatic heterocycles. The lowest BCUT2D eigenvalue weighted by Crippen LogP contribution is -3.00. The number of hydrogen-bond acceptors (Lipinski definition) is 6. The Bertz CT molecular complexity index is 942. The van der Waals surface area contributed by atoms with Gasteiger partial charge < -0.3 is 39.1 Å². The molecule has 3 aromatic rings. The summed E-state index contributed by atoms with van der Waals surface area (Å²) >= 11 is 0. The zero-order valence-electron chi connectivity index (χ0n) is 15.9.